The van der Waals surface area contributed by atoms with Gasteiger partial charge in [-0.2, -0.15) is 4.31 Å². The van der Waals surface area contributed by atoms with E-state index in [2.05, 4.69) is 10.3 Å². The normalized spacial score (nSPS) is 11.9. The number of esters is 1. The first kappa shape index (κ1) is 26.0. The molecule has 0 aliphatic heterocycles. The highest BCUT2D eigenvalue weighted by atomic mass is 32.2. The Morgan fingerprint density at radius 1 is 1.15 bits per heavy atom. The molecule has 11 nitrogen and oxygen atoms in total. The van der Waals surface area contributed by atoms with Crippen molar-refractivity contribution in [3.05, 3.63) is 56.9 Å². The molecule has 0 spiro atoms. The van der Waals surface area contributed by atoms with Gasteiger partial charge in [-0.1, -0.05) is 0 Å². The van der Waals surface area contributed by atoms with Gasteiger partial charge in [0.1, 0.15) is 6.61 Å². The average molecular weight is 481 g/mol. The number of sulfonamides is 1. The van der Waals surface area contributed by atoms with Crippen LogP contribution in [0.5, 0.6) is 0 Å². The molecule has 1 amide bonds. The summed E-state index contributed by atoms with van der Waals surface area (Å²) in [5.74, 6) is -0.808. The molecule has 0 radical (unpaired) electrons. The van der Waals surface area contributed by atoms with Gasteiger partial charge in [0.2, 0.25) is 15.9 Å². The molecule has 180 valence electrons. The summed E-state index contributed by atoms with van der Waals surface area (Å²) in [5, 5.41) is 2.55. The second kappa shape index (κ2) is 10.1. The second-order valence-corrected chi connectivity index (χ2v) is 10.4. The number of ether oxygens (including phenoxy) is 1. The lowest BCUT2D eigenvalue weighted by molar-refractivity contribution is -0.153. The number of aryl methyl sites for hydroxylation is 1. The molecule has 12 heteroatoms. The zero-order chi connectivity index (χ0) is 25.0. The molecule has 2 rings (SSSR count). The number of carbonyl (C=O) groups excluding carboxylic acids is 2. The van der Waals surface area contributed by atoms with E-state index in [-0.39, 0.29) is 29.5 Å². The molecule has 0 bridgehead atoms. The van der Waals surface area contributed by atoms with E-state index in [1.165, 1.54) is 44.3 Å². The van der Waals surface area contributed by atoms with E-state index in [9.17, 15) is 27.6 Å². The van der Waals surface area contributed by atoms with E-state index in [4.69, 9.17) is 4.74 Å². The molecule has 1 aromatic heterocycles. The van der Waals surface area contributed by atoms with Crippen LogP contribution < -0.4 is 16.6 Å². The van der Waals surface area contributed by atoms with Gasteiger partial charge in [-0.05, 0) is 52.0 Å². The second-order valence-electron chi connectivity index (χ2n) is 8.45. The van der Waals surface area contributed by atoms with Gasteiger partial charge in [0.15, 0.2) is 0 Å². The third-order valence-electron chi connectivity index (χ3n) is 4.50. The zero-order valence-corrected chi connectivity index (χ0v) is 20.0. The Morgan fingerprint density at radius 3 is 2.30 bits per heavy atom. The van der Waals surface area contributed by atoms with Crippen LogP contribution in [0.15, 0.2) is 44.9 Å². The fraction of sp³-hybridized carbons (Fsp3) is 0.429. The number of rotatable bonds is 8. The SMILES string of the molecule is CC(=O)Nc1ccc(S(=O)(=O)N(CCOC(=O)C(C)(C)C)Cn2cc(C)c(=O)[nH]c2=O)cc1. The predicted molar refractivity (Wildman–Crippen MR) is 121 cm³/mol. The first-order valence-electron chi connectivity index (χ1n) is 10.1. The minimum atomic E-state index is -4.14. The molecule has 1 aromatic carbocycles. The Kier molecular flexibility index (Phi) is 7.98. The Morgan fingerprint density at radius 2 is 1.76 bits per heavy atom. The van der Waals surface area contributed by atoms with Crippen LogP contribution in [0, 0.1) is 12.3 Å². The van der Waals surface area contributed by atoms with Gasteiger partial charge in [-0.15, -0.1) is 0 Å². The lowest BCUT2D eigenvalue weighted by Gasteiger charge is -2.24. The number of benzene rings is 1. The molecular weight excluding hydrogens is 452 g/mol. The highest BCUT2D eigenvalue weighted by molar-refractivity contribution is 7.89. The number of aromatic nitrogens is 2. The van der Waals surface area contributed by atoms with Crippen LogP contribution in [-0.4, -0.2) is 47.3 Å². The Balaban J connectivity index is 2.37. The van der Waals surface area contributed by atoms with Crippen molar-refractivity contribution in [3.8, 4) is 0 Å². The summed E-state index contributed by atoms with van der Waals surface area (Å²) >= 11 is 0. The molecule has 0 saturated carbocycles. The average Bonchev–Trinajstić information content (AvgIpc) is 2.70. The van der Waals surface area contributed by atoms with Crippen molar-refractivity contribution in [2.75, 3.05) is 18.5 Å². The van der Waals surface area contributed by atoms with Crippen LogP contribution in [0.4, 0.5) is 5.69 Å². The van der Waals surface area contributed by atoms with Gasteiger partial charge >= 0.3 is 11.7 Å². The number of carbonyl (C=O) groups is 2. The number of nitrogens with zero attached hydrogens (tertiary/aromatic N) is 2. The maximum Gasteiger partial charge on any atom is 0.329 e. The summed E-state index contributed by atoms with van der Waals surface area (Å²) < 4.78 is 33.9. The summed E-state index contributed by atoms with van der Waals surface area (Å²) in [6, 6.07) is 5.50. The first-order chi connectivity index (χ1) is 15.2. The largest absolute Gasteiger partial charge is 0.464 e. The monoisotopic (exact) mass is 480 g/mol. The Labute approximate surface area is 191 Å². The summed E-state index contributed by atoms with van der Waals surface area (Å²) in [6.07, 6.45) is 1.25. The van der Waals surface area contributed by atoms with E-state index in [0.717, 1.165) is 8.87 Å². The van der Waals surface area contributed by atoms with Gasteiger partial charge in [0, 0.05) is 24.4 Å². The molecular formula is C21H28N4O7S. The molecule has 0 atom stereocenters. The zero-order valence-electron chi connectivity index (χ0n) is 19.2. The summed E-state index contributed by atoms with van der Waals surface area (Å²) in [4.78, 5) is 49.2. The van der Waals surface area contributed by atoms with Gasteiger partial charge in [-0.3, -0.25) is 23.9 Å². The number of amides is 1. The van der Waals surface area contributed by atoms with E-state index in [1.54, 1.807) is 20.8 Å². The highest BCUT2D eigenvalue weighted by Crippen LogP contribution is 2.20. The number of hydrogen-bond acceptors (Lipinski definition) is 7. The minimum Gasteiger partial charge on any atom is -0.464 e. The molecule has 0 unspecified atom stereocenters. The molecule has 0 fully saturated rings. The summed E-state index contributed by atoms with van der Waals surface area (Å²) in [6.45, 7) is 6.93. The van der Waals surface area contributed by atoms with Crippen molar-refractivity contribution in [2.24, 2.45) is 5.41 Å². The number of nitrogens with one attached hydrogen (secondary N) is 2. The summed E-state index contributed by atoms with van der Waals surface area (Å²) in [7, 11) is -4.14. The fourth-order valence-electron chi connectivity index (χ4n) is 2.68. The van der Waals surface area contributed by atoms with Crippen molar-refractivity contribution in [2.45, 2.75) is 46.2 Å². The van der Waals surface area contributed by atoms with E-state index >= 15 is 0 Å². The maximum absolute atomic E-state index is 13.3. The maximum atomic E-state index is 13.3. The number of aromatic amines is 1. The van der Waals surface area contributed by atoms with Crippen LogP contribution in [0.2, 0.25) is 0 Å². The van der Waals surface area contributed by atoms with Gasteiger partial charge in [-0.25, -0.2) is 13.2 Å². The number of H-pyrrole nitrogens is 1. The summed E-state index contributed by atoms with van der Waals surface area (Å²) in [5.41, 5.74) is -1.47. The molecule has 2 N–H and O–H groups in total. The van der Waals surface area contributed by atoms with Crippen LogP contribution in [0.3, 0.4) is 0 Å². The molecule has 0 aliphatic carbocycles. The van der Waals surface area contributed by atoms with Crippen molar-refractivity contribution >= 4 is 27.6 Å². The lowest BCUT2D eigenvalue weighted by atomic mass is 9.97. The quantitative estimate of drug-likeness (QED) is 0.537. The van der Waals surface area contributed by atoms with Gasteiger partial charge in [0.25, 0.3) is 5.56 Å². The van der Waals surface area contributed by atoms with Crippen molar-refractivity contribution < 1.29 is 22.7 Å². The lowest BCUT2D eigenvalue weighted by Crippen LogP contribution is -2.41. The highest BCUT2D eigenvalue weighted by Gasteiger charge is 2.27. The van der Waals surface area contributed by atoms with E-state index in [1.807, 2.05) is 0 Å². The Bertz CT molecular complexity index is 1240. The van der Waals surface area contributed by atoms with Crippen LogP contribution in [0.25, 0.3) is 0 Å². The van der Waals surface area contributed by atoms with E-state index in [0.29, 0.717) is 5.69 Å². The molecule has 2 aromatic rings. The van der Waals surface area contributed by atoms with Crippen LogP contribution in [-0.2, 0) is 31.0 Å². The molecule has 0 aliphatic rings. The number of anilines is 1. The molecule has 33 heavy (non-hydrogen) atoms. The fourth-order valence-corrected chi connectivity index (χ4v) is 4.05. The van der Waals surface area contributed by atoms with Crippen molar-refractivity contribution in [1.82, 2.24) is 13.9 Å². The van der Waals surface area contributed by atoms with Gasteiger partial charge < -0.3 is 10.1 Å². The third-order valence-corrected chi connectivity index (χ3v) is 6.34. The van der Waals surface area contributed by atoms with Crippen LogP contribution in [0.1, 0.15) is 33.3 Å². The first-order valence-corrected chi connectivity index (χ1v) is 11.5. The van der Waals surface area contributed by atoms with Gasteiger partial charge in [0.05, 0.1) is 23.5 Å². The predicted octanol–water partition coefficient (Wildman–Crippen LogP) is 1.04. The van der Waals surface area contributed by atoms with Crippen LogP contribution >= 0.6 is 0 Å². The molecule has 0 saturated heterocycles. The standard InChI is InChI=1S/C21H28N4O7S/c1-14-12-24(20(29)23-18(14)27)13-25(10-11-32-19(28)21(3,4)5)33(30,31)17-8-6-16(7-9-17)22-15(2)26/h6-9,12H,10-11,13H2,1-5H3,(H,22,26)(H,23,27,29). The smallest absolute Gasteiger partial charge is 0.329 e. The minimum absolute atomic E-state index is 0.0899. The third kappa shape index (κ3) is 6.86. The van der Waals surface area contributed by atoms with E-state index < -0.39 is 39.3 Å². The van der Waals surface area contributed by atoms with Crippen molar-refractivity contribution in [3.63, 3.8) is 0 Å². The topological polar surface area (TPSA) is 148 Å². The van der Waals surface area contributed by atoms with Crippen molar-refractivity contribution in [1.29, 1.82) is 0 Å². The Hall–Kier alpha value is -3.25. The molecule has 1 heterocycles. The number of hydrogen-bond donors (Lipinski definition) is 2.